The van der Waals surface area contributed by atoms with Gasteiger partial charge in [-0.15, -0.1) is 0 Å². The number of amidine groups is 1. The summed E-state index contributed by atoms with van der Waals surface area (Å²) in [4.78, 5) is 25.6. The number of hydrogen-bond donors (Lipinski definition) is 0. The lowest BCUT2D eigenvalue weighted by Gasteiger charge is -2.26. The third-order valence-electron chi connectivity index (χ3n) is 1.68. The van der Waals surface area contributed by atoms with Crippen LogP contribution in [-0.4, -0.2) is 40.2 Å². The smallest absolute Gasteiger partial charge is 0.213 e. The maximum absolute atomic E-state index is 4.06. The van der Waals surface area contributed by atoms with E-state index < -0.39 is 0 Å². The lowest BCUT2D eigenvalue weighted by atomic mass is 10.5. The van der Waals surface area contributed by atoms with Crippen LogP contribution in [0.1, 0.15) is 0 Å². The Bertz CT molecular complexity index is 478. The van der Waals surface area contributed by atoms with Crippen LogP contribution in [0.4, 0.5) is 0 Å². The Morgan fingerprint density at radius 3 is 2.50 bits per heavy atom. The van der Waals surface area contributed by atoms with E-state index in [1.54, 1.807) is 4.90 Å². The molecule has 7 nitrogen and oxygen atoms in total. The Morgan fingerprint density at radius 2 is 1.64 bits per heavy atom. The summed E-state index contributed by atoms with van der Waals surface area (Å²) >= 11 is 3.17. The Balaban J connectivity index is 2.23. The van der Waals surface area contributed by atoms with Crippen LogP contribution < -0.4 is 0 Å². The van der Waals surface area contributed by atoms with Gasteiger partial charge < -0.3 is 0 Å². The highest BCUT2D eigenvalue weighted by atomic mass is 79.9. The maximum Gasteiger partial charge on any atom is 0.243 e. The molecule has 0 fully saturated rings. The van der Waals surface area contributed by atoms with E-state index in [2.05, 4.69) is 45.9 Å². The van der Waals surface area contributed by atoms with E-state index in [0.29, 0.717) is 22.6 Å². The van der Waals surface area contributed by atoms with Crippen LogP contribution in [0.15, 0.2) is 30.0 Å². The first-order chi connectivity index (χ1) is 6.84. The first-order valence-electron chi connectivity index (χ1n) is 3.68. The molecule has 0 aromatic rings. The summed E-state index contributed by atoms with van der Waals surface area (Å²) in [6.45, 7) is 0. The minimum atomic E-state index is 0.441. The molecule has 0 saturated carbocycles. The fourth-order valence-electron chi connectivity index (χ4n) is 1.14. The fraction of sp³-hybridized carbons (Fsp3) is 0. The van der Waals surface area contributed by atoms with Crippen molar-refractivity contribution in [2.45, 2.75) is 0 Å². The van der Waals surface area contributed by atoms with Gasteiger partial charge >= 0.3 is 0 Å². The highest BCUT2D eigenvalue weighted by molar-refractivity contribution is 9.18. The largest absolute Gasteiger partial charge is 0.243 e. The average molecular weight is 252 g/mol. The van der Waals surface area contributed by atoms with Crippen LogP contribution in [0.25, 0.3) is 0 Å². The number of guanidine groups is 3. The fourth-order valence-corrected chi connectivity index (χ4v) is 1.46. The first kappa shape index (κ1) is 7.68. The van der Waals surface area contributed by atoms with Gasteiger partial charge in [0.1, 0.15) is 12.7 Å². The Hall–Kier alpha value is -1.70. The van der Waals surface area contributed by atoms with Gasteiger partial charge in [0, 0.05) is 0 Å². The van der Waals surface area contributed by atoms with E-state index in [1.165, 1.54) is 12.7 Å². The SMILES string of the molecule is BrC1=NC2=NC=NC3=NC=NC(=N1)N32. The molecule has 0 radical (unpaired) electrons. The van der Waals surface area contributed by atoms with Gasteiger partial charge in [0.05, 0.1) is 0 Å². The summed E-state index contributed by atoms with van der Waals surface area (Å²) < 4.78 is 0.441. The Kier molecular flexibility index (Phi) is 1.45. The van der Waals surface area contributed by atoms with Gasteiger partial charge in [-0.25, -0.2) is 24.9 Å². The summed E-state index contributed by atoms with van der Waals surface area (Å²) in [6, 6.07) is 0. The van der Waals surface area contributed by atoms with Crippen LogP contribution >= 0.6 is 15.9 Å². The van der Waals surface area contributed by atoms with E-state index >= 15 is 0 Å². The normalized spacial score (nSPS) is 22.2. The highest BCUT2D eigenvalue weighted by Gasteiger charge is 2.30. The number of aliphatic imine (C=N–C) groups is 6. The first-order valence-corrected chi connectivity index (χ1v) is 4.47. The lowest BCUT2D eigenvalue weighted by Crippen LogP contribution is -2.45. The number of hydrogen-bond acceptors (Lipinski definition) is 7. The molecule has 68 valence electrons. The van der Waals surface area contributed by atoms with Gasteiger partial charge in [0.25, 0.3) is 0 Å². The molecule has 0 N–H and O–H groups in total. The van der Waals surface area contributed by atoms with Crippen LogP contribution in [-0.2, 0) is 0 Å². The average Bonchev–Trinajstić information content (AvgIpc) is 2.18. The van der Waals surface area contributed by atoms with Gasteiger partial charge in [-0.05, 0) is 15.9 Å². The summed E-state index contributed by atoms with van der Waals surface area (Å²) in [5.74, 6) is 1.41. The standard InChI is InChI=1S/C6H2BrN7/c7-3-12-5-10-1-8-4-9-2-11-6(13-3)14(4)5/h1-2H. The number of halogens is 1. The monoisotopic (exact) mass is 251 g/mol. The van der Waals surface area contributed by atoms with Crippen molar-refractivity contribution >= 4 is 51.2 Å². The minimum absolute atomic E-state index is 0.441. The van der Waals surface area contributed by atoms with Crippen LogP contribution in [0.5, 0.6) is 0 Å². The van der Waals surface area contributed by atoms with Crippen LogP contribution in [0.2, 0.25) is 0 Å². The zero-order valence-corrected chi connectivity index (χ0v) is 8.25. The molecule has 0 bridgehead atoms. The van der Waals surface area contributed by atoms with Crippen molar-refractivity contribution in [1.29, 1.82) is 0 Å². The third kappa shape index (κ3) is 0.970. The van der Waals surface area contributed by atoms with Crippen molar-refractivity contribution in [3.8, 4) is 0 Å². The summed E-state index contributed by atoms with van der Waals surface area (Å²) in [7, 11) is 0. The van der Waals surface area contributed by atoms with E-state index in [4.69, 9.17) is 0 Å². The van der Waals surface area contributed by atoms with E-state index in [-0.39, 0.29) is 0 Å². The van der Waals surface area contributed by atoms with Gasteiger partial charge in [0.2, 0.25) is 22.6 Å². The Morgan fingerprint density at radius 1 is 0.929 bits per heavy atom. The molecule has 3 aliphatic rings. The quantitative estimate of drug-likeness (QED) is 0.567. The van der Waals surface area contributed by atoms with Gasteiger partial charge in [-0.1, -0.05) is 0 Å². The van der Waals surface area contributed by atoms with Gasteiger partial charge in [-0.3, -0.25) is 0 Å². The topological polar surface area (TPSA) is 77.4 Å². The zero-order valence-electron chi connectivity index (χ0n) is 6.66. The molecule has 14 heavy (non-hydrogen) atoms. The van der Waals surface area contributed by atoms with Gasteiger partial charge in [-0.2, -0.15) is 9.98 Å². The molecule has 0 atom stereocenters. The van der Waals surface area contributed by atoms with Crippen molar-refractivity contribution in [1.82, 2.24) is 4.90 Å². The van der Waals surface area contributed by atoms with Crippen LogP contribution in [0, 0.1) is 0 Å². The van der Waals surface area contributed by atoms with Crippen LogP contribution in [0.3, 0.4) is 0 Å². The van der Waals surface area contributed by atoms with Gasteiger partial charge in [0.15, 0.2) is 0 Å². The number of nitrogens with zero attached hydrogens (tertiary/aromatic N) is 7. The van der Waals surface area contributed by atoms with Crippen molar-refractivity contribution < 1.29 is 0 Å². The molecule has 0 aromatic carbocycles. The summed E-state index contributed by atoms with van der Waals surface area (Å²) in [6.07, 6.45) is 2.80. The predicted molar refractivity (Wildman–Crippen MR) is 57.5 cm³/mol. The molecule has 3 heterocycles. The Labute approximate surface area is 86.5 Å². The molecule has 0 aromatic heterocycles. The van der Waals surface area contributed by atoms with Crippen molar-refractivity contribution in [2.75, 3.05) is 0 Å². The van der Waals surface area contributed by atoms with E-state index in [9.17, 15) is 0 Å². The third-order valence-corrected chi connectivity index (χ3v) is 2.03. The molecule has 0 amide bonds. The molecule has 8 heteroatoms. The van der Waals surface area contributed by atoms with Crippen molar-refractivity contribution in [3.05, 3.63) is 0 Å². The molecule has 0 spiro atoms. The van der Waals surface area contributed by atoms with Crippen molar-refractivity contribution in [2.24, 2.45) is 30.0 Å². The van der Waals surface area contributed by atoms with E-state index in [0.717, 1.165) is 0 Å². The maximum atomic E-state index is 4.06. The summed E-state index contributed by atoms with van der Waals surface area (Å²) in [5, 5.41) is 0. The molecule has 3 rings (SSSR count). The number of rotatable bonds is 0. The molecule has 0 saturated heterocycles. The molecular weight excluding hydrogens is 250 g/mol. The second-order valence-corrected chi connectivity index (χ2v) is 3.18. The summed E-state index contributed by atoms with van der Waals surface area (Å²) in [5.41, 5.74) is 0. The zero-order chi connectivity index (χ0) is 9.54. The predicted octanol–water partition coefficient (Wildman–Crippen LogP) is 0.205. The molecule has 3 aliphatic heterocycles. The lowest BCUT2D eigenvalue weighted by molar-refractivity contribution is 0.836. The second-order valence-electron chi connectivity index (χ2n) is 2.48. The minimum Gasteiger partial charge on any atom is -0.213 e. The molecule has 0 aliphatic carbocycles. The van der Waals surface area contributed by atoms with E-state index in [1.807, 2.05) is 0 Å². The molecular formula is C6H2BrN7. The molecule has 0 unspecified atom stereocenters. The second kappa shape index (κ2) is 2.64. The van der Waals surface area contributed by atoms with Crippen molar-refractivity contribution in [3.63, 3.8) is 0 Å². The highest BCUT2D eigenvalue weighted by Crippen LogP contribution is 2.14.